The molecule has 6 aliphatic rings. The Labute approximate surface area is 554 Å². The number of carbonyl (C=O) groups is 9. The lowest BCUT2D eigenvalue weighted by Crippen LogP contribution is -2.63. The summed E-state index contributed by atoms with van der Waals surface area (Å²) in [7, 11) is 5.20. The summed E-state index contributed by atoms with van der Waals surface area (Å²) in [5, 5.41) is 78.6. The van der Waals surface area contributed by atoms with Crippen molar-refractivity contribution in [3.05, 3.63) is 135 Å². The molecule has 0 aliphatic carbocycles. The molecule has 96 heavy (non-hydrogen) atoms. The molecule has 0 radical (unpaired) electrons. The van der Waals surface area contributed by atoms with Crippen molar-refractivity contribution in [2.75, 3.05) is 60.4 Å². The maximum absolute atomic E-state index is 12.5. The number of fused-ring (bicyclic) bond motifs is 3. The van der Waals surface area contributed by atoms with Gasteiger partial charge in [-0.25, -0.2) is 14.4 Å². The van der Waals surface area contributed by atoms with Gasteiger partial charge in [-0.15, -0.1) is 0 Å². The number of aryl methyl sites for hydroxylation is 5. The van der Waals surface area contributed by atoms with Gasteiger partial charge in [-0.05, 0) is 98.8 Å². The van der Waals surface area contributed by atoms with E-state index in [0.717, 1.165) is 10.8 Å². The number of hydrogen-bond donors (Lipinski definition) is 8. The van der Waals surface area contributed by atoms with E-state index in [1.807, 2.05) is 25.7 Å². The first-order chi connectivity index (χ1) is 44.4. The molecule has 3 fully saturated rings. The van der Waals surface area contributed by atoms with Crippen molar-refractivity contribution in [3.63, 3.8) is 0 Å². The summed E-state index contributed by atoms with van der Waals surface area (Å²) in [6.07, 6.45) is 2.64. The van der Waals surface area contributed by atoms with E-state index in [2.05, 4.69) is 0 Å². The van der Waals surface area contributed by atoms with Gasteiger partial charge in [0.25, 0.3) is 0 Å². The first kappa shape index (κ1) is 76.3. The second-order valence-corrected chi connectivity index (χ2v) is 26.1. The highest BCUT2D eigenvalue weighted by atomic mass is 16.5. The van der Waals surface area contributed by atoms with Crippen LogP contribution in [0.5, 0.6) is 0 Å². The first-order valence-electron chi connectivity index (χ1n) is 31.4. The highest BCUT2D eigenvalue weighted by molar-refractivity contribution is 6.02. The van der Waals surface area contributed by atoms with Crippen molar-refractivity contribution in [1.82, 2.24) is 38.9 Å². The number of likely N-dealkylation sites (N-methyl/N-ethyl adjacent to an activating group) is 3. The summed E-state index contributed by atoms with van der Waals surface area (Å²) in [5.41, 5.74) is 2.45. The molecule has 3 aromatic rings. The van der Waals surface area contributed by atoms with E-state index in [-0.39, 0.29) is 157 Å². The van der Waals surface area contributed by atoms with Crippen LogP contribution in [0.25, 0.3) is 0 Å². The highest BCUT2D eigenvalue weighted by Crippen LogP contribution is 2.50. The highest BCUT2D eigenvalue weighted by Gasteiger charge is 2.62. The summed E-state index contributed by atoms with van der Waals surface area (Å²) in [6.45, 7) is 16.2. The van der Waals surface area contributed by atoms with Crippen molar-refractivity contribution >= 4 is 53.0 Å². The molecule has 0 saturated carbocycles. The van der Waals surface area contributed by atoms with Crippen molar-refractivity contribution in [2.24, 2.45) is 35.5 Å². The number of amides is 3. The number of Topliss-reactive ketones (excluding diaryl/α,β-unsaturated/α-hetero) is 3. The molecule has 9 heterocycles. The van der Waals surface area contributed by atoms with E-state index in [9.17, 15) is 98.6 Å². The summed E-state index contributed by atoms with van der Waals surface area (Å²) in [6, 6.07) is 2.68. The molecule has 8 N–H and O–H groups in total. The Morgan fingerprint density at radius 3 is 1.27 bits per heavy atom. The molecule has 3 amide bonds. The number of pyridine rings is 2. The van der Waals surface area contributed by atoms with Gasteiger partial charge in [0.2, 0.25) is 17.7 Å². The number of aliphatic hydroxyl groups is 3. The Morgan fingerprint density at radius 2 is 0.885 bits per heavy atom. The smallest absolute Gasteiger partial charge is 0.352 e. The molecular formula is C67H90N8O21. The largest absolute Gasteiger partial charge is 0.477 e. The van der Waals surface area contributed by atoms with Crippen LogP contribution in [-0.4, -0.2) is 230 Å². The van der Waals surface area contributed by atoms with Crippen molar-refractivity contribution in [2.45, 2.75) is 145 Å². The normalized spacial score (nSPS) is 23.2. The Balaban J connectivity index is 0.000000227. The fourth-order valence-electron chi connectivity index (χ4n) is 13.9. The van der Waals surface area contributed by atoms with Crippen molar-refractivity contribution in [3.8, 4) is 0 Å². The number of β-lactam (4-membered cyclic amide) rings is 3. The maximum Gasteiger partial charge on any atom is 0.352 e. The second kappa shape index (κ2) is 31.0. The summed E-state index contributed by atoms with van der Waals surface area (Å²) in [5.74, 6) is -7.38. The van der Waals surface area contributed by atoms with Gasteiger partial charge in [0, 0.05) is 98.0 Å². The topological polar surface area (TPSA) is 409 Å². The van der Waals surface area contributed by atoms with Gasteiger partial charge in [0.1, 0.15) is 40.1 Å². The van der Waals surface area contributed by atoms with Crippen LogP contribution in [0.15, 0.2) is 89.5 Å². The Hall–Kier alpha value is -8.74. The zero-order valence-corrected chi connectivity index (χ0v) is 55.3. The van der Waals surface area contributed by atoms with Crippen LogP contribution in [0.2, 0.25) is 0 Å². The first-order valence-corrected chi connectivity index (χ1v) is 31.4. The number of rotatable bonds is 27. The number of hydrogen-bond acceptors (Lipinski definition) is 21. The van der Waals surface area contributed by atoms with Gasteiger partial charge in [-0.3, -0.25) is 53.0 Å². The van der Waals surface area contributed by atoms with Gasteiger partial charge < -0.3 is 65.1 Å². The number of aromatic nitrogens is 2. The third kappa shape index (κ3) is 15.7. The minimum absolute atomic E-state index is 0. The number of nitrogens with zero attached hydrogens (tertiary/aromatic N) is 8. The minimum Gasteiger partial charge on any atom is -0.477 e. The van der Waals surface area contributed by atoms with Gasteiger partial charge >= 0.3 is 17.9 Å². The van der Waals surface area contributed by atoms with E-state index >= 15 is 0 Å². The maximum atomic E-state index is 12.5. The average molecular weight is 1340 g/mol. The molecule has 0 unspecified atom stereocenters. The number of aliphatic carboxylic acids is 3. The lowest BCUT2D eigenvalue weighted by atomic mass is 9.77. The fraction of sp³-hybridized carbons (Fsp3) is 0.552. The zero-order valence-electron chi connectivity index (χ0n) is 55.3. The molecule has 29 heteroatoms. The summed E-state index contributed by atoms with van der Waals surface area (Å²) in [4.78, 5) is 154. The second-order valence-electron chi connectivity index (χ2n) is 26.1. The SMILES string of the molecule is C.Cc1cn(O)c(C(=O)CCCN(C)CC2=C(C(=O)O)N3C(=O)[C@H]([C@@H](C)O)[C@H]3[C@H]2C)cc1=O.Cc1cn(O)c(CCC(=O)CN(C)CC2=C(C(=O)O)N3C(=O)[C@H]([C@@H](C)O)[C@H]3[C@H]2C)cc1=O.Cc1coc(CCC(=O)CN(C)CC2=C(C(=O)O)N3C(=O)[C@H]([C@@H](C)O)[C@H]3[C@H]2C)cc1=O. The fourth-order valence-corrected chi connectivity index (χ4v) is 13.9. The molecule has 0 spiro atoms. The van der Waals surface area contributed by atoms with E-state index in [4.69, 9.17) is 4.42 Å². The van der Waals surface area contributed by atoms with Gasteiger partial charge in [-0.2, -0.15) is 9.46 Å². The summed E-state index contributed by atoms with van der Waals surface area (Å²) < 4.78 is 6.83. The van der Waals surface area contributed by atoms with Crippen LogP contribution in [0.4, 0.5) is 0 Å². The third-order valence-corrected chi connectivity index (χ3v) is 18.9. The molecule has 12 atom stereocenters. The predicted octanol–water partition coefficient (Wildman–Crippen LogP) is 1.72. The van der Waals surface area contributed by atoms with Crippen LogP contribution in [-0.2, 0) is 51.2 Å². The Morgan fingerprint density at radius 1 is 0.521 bits per heavy atom. The monoisotopic (exact) mass is 1340 g/mol. The molecule has 524 valence electrons. The van der Waals surface area contributed by atoms with E-state index < -0.39 is 65.9 Å². The zero-order chi connectivity index (χ0) is 70.8. The van der Waals surface area contributed by atoms with Gasteiger partial charge in [-0.1, -0.05) is 28.2 Å². The molecule has 0 bridgehead atoms. The van der Waals surface area contributed by atoms with E-state index in [1.165, 1.54) is 66.3 Å². The quantitative estimate of drug-likeness (QED) is 0.0306. The van der Waals surface area contributed by atoms with Crippen LogP contribution in [0, 0.1) is 56.3 Å². The van der Waals surface area contributed by atoms with Crippen LogP contribution in [0.1, 0.15) is 113 Å². The lowest BCUT2D eigenvalue weighted by molar-refractivity contribution is -0.163. The van der Waals surface area contributed by atoms with E-state index in [1.54, 1.807) is 51.7 Å². The number of aliphatic hydroxyl groups excluding tert-OH is 3. The lowest BCUT2D eigenvalue weighted by Gasteiger charge is -2.46. The van der Waals surface area contributed by atoms with Crippen molar-refractivity contribution < 1.29 is 88.6 Å². The molecule has 0 aromatic carbocycles. The minimum atomic E-state index is -1.20. The van der Waals surface area contributed by atoms with Crippen molar-refractivity contribution in [1.29, 1.82) is 0 Å². The molecule has 3 aromatic heterocycles. The number of carbonyl (C=O) groups excluding carboxylic acids is 6. The van der Waals surface area contributed by atoms with Crippen LogP contribution >= 0.6 is 0 Å². The predicted molar refractivity (Wildman–Crippen MR) is 343 cm³/mol. The molecular weight excluding hydrogens is 1250 g/mol. The average Bonchev–Trinajstić information content (AvgIpc) is 1.56. The molecule has 3 saturated heterocycles. The van der Waals surface area contributed by atoms with Crippen LogP contribution < -0.4 is 16.3 Å². The number of carboxylic acids is 3. The van der Waals surface area contributed by atoms with Gasteiger partial charge in [0.15, 0.2) is 22.1 Å². The Kier molecular flexibility index (Phi) is 24.6. The molecule has 6 aliphatic heterocycles. The third-order valence-electron chi connectivity index (χ3n) is 18.9. The number of carboxylic acid groups (broad SMARTS) is 3. The standard InChI is InChI=1S/2C22H29N3O7.C22H28N2O7.CH4/c1-11-8-24(32)14(7-17(11)28)5-6-15(27)9-23(4)10-16-12(2)19-18(13(3)26)21(29)25(19)20(16)22(30)31;1-11-9-24(32)15(8-17(11)28)16(27)6-5-7-23(4)10-14-12(2)19-18(13(3)26)21(29)25(19)20(14)22(30)31;1-11-10-31-15(7-17(11)27)6-5-14(26)8-23(4)9-16-12(2)19-18(13(3)25)21(28)24(19)20(16)22(29)30;/h7-8,12-13,18-19,26,32H,5-6,9-10H2,1-4H3,(H,30,31);8-9,12-13,18-19,26,32H,5-7,10H2,1-4H3,(H,30,31);7,10,12-13,18-19,25H,5-6,8-9H2,1-4H3,(H,29,30);1H4/t3*12-,13+,18+,19+;/m000./s1. The summed E-state index contributed by atoms with van der Waals surface area (Å²) >= 11 is 0. The number of ketones is 3. The molecule has 9 rings (SSSR count). The molecule has 29 nitrogen and oxygen atoms in total. The van der Waals surface area contributed by atoms with Crippen LogP contribution in [0.3, 0.4) is 0 Å². The van der Waals surface area contributed by atoms with Gasteiger partial charge in [0.05, 0.1) is 91.6 Å². The Bertz CT molecular complexity index is 3860. The van der Waals surface area contributed by atoms with E-state index in [0.29, 0.717) is 75.5 Å².